The quantitative estimate of drug-likeness (QED) is 0.512. The van der Waals surface area contributed by atoms with Gasteiger partial charge in [-0.25, -0.2) is 4.31 Å². The number of anilines is 2. The van der Waals surface area contributed by atoms with Crippen LogP contribution in [0.3, 0.4) is 0 Å². The molecule has 0 aliphatic heterocycles. The minimum Gasteiger partial charge on any atom is -0.299 e. The third-order valence-electron chi connectivity index (χ3n) is 3.58. The van der Waals surface area contributed by atoms with Crippen LogP contribution in [0.4, 0.5) is 10.8 Å². The smallest absolute Gasteiger partial charge is 0.299 e. The van der Waals surface area contributed by atoms with Gasteiger partial charge in [0.25, 0.3) is 0 Å². The molecule has 27 heavy (non-hydrogen) atoms. The normalized spacial score (nSPS) is 11.6. The van der Waals surface area contributed by atoms with E-state index < -0.39 is 16.1 Å². The van der Waals surface area contributed by atoms with Crippen molar-refractivity contribution in [2.24, 2.45) is 0 Å². The summed E-state index contributed by atoms with van der Waals surface area (Å²) in [5.41, 5.74) is 2.13. The highest BCUT2D eigenvalue weighted by Crippen LogP contribution is 2.27. The highest BCUT2D eigenvalue weighted by molar-refractivity contribution is 8.01. The summed E-state index contributed by atoms with van der Waals surface area (Å²) in [7, 11) is -0.983. The van der Waals surface area contributed by atoms with E-state index in [0.717, 1.165) is 29.8 Å². The molecule has 2 rings (SSSR count). The predicted molar refractivity (Wildman–Crippen MR) is 111 cm³/mol. The van der Waals surface area contributed by atoms with Crippen LogP contribution in [0.2, 0.25) is 0 Å². The SMILES string of the molecule is CCSc1nnc(NC(=O)CN(c2cc(C)ccc2C)S(=O)(=O)N(C)C)s1. The summed E-state index contributed by atoms with van der Waals surface area (Å²) in [5.74, 6) is 0.370. The molecule has 0 atom stereocenters. The van der Waals surface area contributed by atoms with Crippen molar-refractivity contribution in [3.05, 3.63) is 29.3 Å². The second kappa shape index (κ2) is 9.00. The summed E-state index contributed by atoms with van der Waals surface area (Å²) in [6.07, 6.45) is 0. The van der Waals surface area contributed by atoms with Gasteiger partial charge in [0, 0.05) is 14.1 Å². The molecule has 1 amide bonds. The zero-order chi connectivity index (χ0) is 20.2. The van der Waals surface area contributed by atoms with E-state index in [1.54, 1.807) is 6.07 Å². The van der Waals surface area contributed by atoms with Crippen molar-refractivity contribution in [2.75, 3.05) is 36.0 Å². The lowest BCUT2D eigenvalue weighted by Crippen LogP contribution is -2.44. The first kappa shape index (κ1) is 21.6. The van der Waals surface area contributed by atoms with E-state index in [0.29, 0.717) is 10.8 Å². The Kier molecular flexibility index (Phi) is 7.20. The number of thioether (sulfide) groups is 1. The fourth-order valence-corrected chi connectivity index (χ4v) is 4.99. The monoisotopic (exact) mass is 429 g/mol. The van der Waals surface area contributed by atoms with Crippen LogP contribution in [0.25, 0.3) is 0 Å². The van der Waals surface area contributed by atoms with Gasteiger partial charge in [-0.3, -0.25) is 10.1 Å². The lowest BCUT2D eigenvalue weighted by Gasteiger charge is -2.28. The predicted octanol–water partition coefficient (Wildman–Crippen LogP) is 2.52. The standard InChI is InChI=1S/C16H23N5O3S3/c1-6-25-16-19-18-15(26-16)17-14(22)10-21(27(23,24)20(4)5)13-9-11(2)7-8-12(13)3/h7-9H,6,10H2,1-5H3,(H,17,18,22). The van der Waals surface area contributed by atoms with E-state index in [1.165, 1.54) is 37.2 Å². The Hall–Kier alpha value is -1.69. The molecule has 0 unspecified atom stereocenters. The number of hydrogen-bond donors (Lipinski definition) is 1. The molecule has 1 heterocycles. The van der Waals surface area contributed by atoms with Crippen molar-refractivity contribution in [2.45, 2.75) is 25.1 Å². The molecule has 0 saturated heterocycles. The van der Waals surface area contributed by atoms with E-state index in [-0.39, 0.29) is 6.54 Å². The number of amides is 1. The Morgan fingerprint density at radius 3 is 2.59 bits per heavy atom. The summed E-state index contributed by atoms with van der Waals surface area (Å²) in [4.78, 5) is 12.5. The van der Waals surface area contributed by atoms with Gasteiger partial charge in [-0.15, -0.1) is 10.2 Å². The number of hydrogen-bond acceptors (Lipinski definition) is 7. The Morgan fingerprint density at radius 2 is 1.96 bits per heavy atom. The fraction of sp³-hybridized carbons (Fsp3) is 0.438. The summed E-state index contributed by atoms with van der Waals surface area (Å²) >= 11 is 2.78. The first-order valence-corrected chi connectivity index (χ1v) is 11.4. The second-order valence-electron chi connectivity index (χ2n) is 5.94. The van der Waals surface area contributed by atoms with Gasteiger partial charge in [0.05, 0.1) is 5.69 Å². The van der Waals surface area contributed by atoms with E-state index in [9.17, 15) is 13.2 Å². The zero-order valence-electron chi connectivity index (χ0n) is 15.9. The maximum atomic E-state index is 12.8. The molecule has 0 aliphatic rings. The van der Waals surface area contributed by atoms with Crippen molar-refractivity contribution in [1.82, 2.24) is 14.5 Å². The molecule has 0 radical (unpaired) electrons. The Bertz CT molecular complexity index is 912. The number of nitrogens with zero attached hydrogens (tertiary/aromatic N) is 4. The highest BCUT2D eigenvalue weighted by atomic mass is 32.2. The van der Waals surface area contributed by atoms with Gasteiger partial charge in [0.2, 0.25) is 11.0 Å². The van der Waals surface area contributed by atoms with Crippen molar-refractivity contribution >= 4 is 50.0 Å². The van der Waals surface area contributed by atoms with Crippen LogP contribution in [0, 0.1) is 13.8 Å². The van der Waals surface area contributed by atoms with Gasteiger partial charge in [-0.2, -0.15) is 12.7 Å². The second-order valence-corrected chi connectivity index (χ2v) is 10.5. The van der Waals surface area contributed by atoms with Crippen LogP contribution < -0.4 is 9.62 Å². The van der Waals surface area contributed by atoms with Crippen LogP contribution in [0.1, 0.15) is 18.1 Å². The minimum absolute atomic E-state index is 0.346. The van der Waals surface area contributed by atoms with Crippen molar-refractivity contribution in [3.63, 3.8) is 0 Å². The van der Waals surface area contributed by atoms with Gasteiger partial charge < -0.3 is 0 Å². The fourth-order valence-electron chi connectivity index (χ4n) is 2.21. The number of rotatable bonds is 8. The summed E-state index contributed by atoms with van der Waals surface area (Å²) in [6.45, 7) is 5.32. The van der Waals surface area contributed by atoms with Gasteiger partial charge >= 0.3 is 10.2 Å². The molecule has 0 aliphatic carbocycles. The largest absolute Gasteiger partial charge is 0.304 e. The van der Waals surface area contributed by atoms with Crippen molar-refractivity contribution in [1.29, 1.82) is 0 Å². The van der Waals surface area contributed by atoms with Crippen LogP contribution in [-0.2, 0) is 15.0 Å². The topological polar surface area (TPSA) is 95.5 Å². The lowest BCUT2D eigenvalue weighted by molar-refractivity contribution is -0.114. The van der Waals surface area contributed by atoms with Crippen LogP contribution in [0.5, 0.6) is 0 Å². The van der Waals surface area contributed by atoms with Gasteiger partial charge in [-0.05, 0) is 36.8 Å². The average molecular weight is 430 g/mol. The van der Waals surface area contributed by atoms with E-state index in [2.05, 4.69) is 15.5 Å². The molecule has 0 saturated carbocycles. The molecule has 1 N–H and O–H groups in total. The lowest BCUT2D eigenvalue weighted by atomic mass is 10.1. The average Bonchev–Trinajstić information content (AvgIpc) is 3.02. The number of aryl methyl sites for hydroxylation is 2. The van der Waals surface area contributed by atoms with Crippen LogP contribution in [0.15, 0.2) is 22.5 Å². The molecular weight excluding hydrogens is 406 g/mol. The van der Waals surface area contributed by atoms with Gasteiger partial charge in [0.15, 0.2) is 4.34 Å². The van der Waals surface area contributed by atoms with Crippen molar-refractivity contribution < 1.29 is 13.2 Å². The van der Waals surface area contributed by atoms with E-state index >= 15 is 0 Å². The summed E-state index contributed by atoms with van der Waals surface area (Å²) < 4.78 is 28.6. The van der Waals surface area contributed by atoms with Crippen molar-refractivity contribution in [3.8, 4) is 0 Å². The molecule has 0 spiro atoms. The molecule has 148 valence electrons. The first-order valence-electron chi connectivity index (χ1n) is 8.18. The van der Waals surface area contributed by atoms with Crippen LogP contribution >= 0.6 is 23.1 Å². The first-order chi connectivity index (χ1) is 12.6. The Balaban J connectivity index is 2.28. The third kappa shape index (κ3) is 5.41. The molecule has 1 aromatic heterocycles. The summed E-state index contributed by atoms with van der Waals surface area (Å²) in [6, 6.07) is 5.48. The Labute approximate surface area is 168 Å². The molecule has 1 aromatic carbocycles. The number of nitrogens with one attached hydrogen (secondary N) is 1. The number of carbonyl (C=O) groups is 1. The maximum absolute atomic E-state index is 12.8. The molecule has 2 aromatic rings. The van der Waals surface area contributed by atoms with Gasteiger partial charge in [-0.1, -0.05) is 42.2 Å². The van der Waals surface area contributed by atoms with Crippen LogP contribution in [-0.4, -0.2) is 55.2 Å². The summed E-state index contributed by atoms with van der Waals surface area (Å²) in [5, 5.41) is 10.9. The minimum atomic E-state index is -3.85. The molecule has 11 heteroatoms. The molecule has 0 bridgehead atoms. The Morgan fingerprint density at radius 1 is 1.26 bits per heavy atom. The maximum Gasteiger partial charge on any atom is 0.304 e. The zero-order valence-corrected chi connectivity index (χ0v) is 18.3. The number of benzene rings is 1. The highest BCUT2D eigenvalue weighted by Gasteiger charge is 2.28. The molecule has 8 nitrogen and oxygen atoms in total. The molecular formula is C16H23N5O3S3. The van der Waals surface area contributed by atoms with Gasteiger partial charge in [0.1, 0.15) is 6.54 Å². The van der Waals surface area contributed by atoms with E-state index in [1.807, 2.05) is 32.9 Å². The third-order valence-corrected chi connectivity index (χ3v) is 7.24. The number of aromatic nitrogens is 2. The van der Waals surface area contributed by atoms with E-state index in [4.69, 9.17) is 0 Å². The molecule has 0 fully saturated rings. The number of carbonyl (C=O) groups excluding carboxylic acids is 1.